The predicted molar refractivity (Wildman–Crippen MR) is 226 cm³/mol. The van der Waals surface area contributed by atoms with Crippen LogP contribution in [0.1, 0.15) is 95.4 Å². The van der Waals surface area contributed by atoms with E-state index >= 15 is 4.39 Å². The van der Waals surface area contributed by atoms with Gasteiger partial charge < -0.3 is 29.2 Å². The van der Waals surface area contributed by atoms with Gasteiger partial charge in [0.05, 0.1) is 26.0 Å². The fourth-order valence-corrected chi connectivity index (χ4v) is 9.41. The Morgan fingerprint density at radius 2 is 1.83 bits per heavy atom. The van der Waals surface area contributed by atoms with Crippen molar-refractivity contribution in [2.45, 2.75) is 90.4 Å². The Balaban J connectivity index is 1.02. The van der Waals surface area contributed by atoms with Gasteiger partial charge in [0, 0.05) is 62.3 Å². The van der Waals surface area contributed by atoms with Crippen LogP contribution in [0.4, 0.5) is 10.1 Å². The normalized spacial score (nSPS) is 20.4. The van der Waals surface area contributed by atoms with Gasteiger partial charge in [-0.25, -0.2) is 9.37 Å². The number of amides is 1. The van der Waals surface area contributed by atoms with E-state index < -0.39 is 24.4 Å². The van der Waals surface area contributed by atoms with E-state index in [0.717, 1.165) is 91.7 Å². The van der Waals surface area contributed by atoms with Gasteiger partial charge in [-0.05, 0) is 111 Å². The van der Waals surface area contributed by atoms with Gasteiger partial charge in [-0.2, -0.15) is 0 Å². The van der Waals surface area contributed by atoms with E-state index in [2.05, 4.69) is 20.5 Å². The summed E-state index contributed by atoms with van der Waals surface area (Å²) in [5.74, 6) is -0.684. The molecule has 2 aromatic carbocycles. The van der Waals surface area contributed by atoms with Gasteiger partial charge in [-0.15, -0.1) is 0 Å². The van der Waals surface area contributed by atoms with E-state index in [1.165, 1.54) is 25.4 Å². The maximum absolute atomic E-state index is 15.9. The van der Waals surface area contributed by atoms with Gasteiger partial charge in [0.15, 0.2) is 5.82 Å². The third kappa shape index (κ3) is 8.72. The number of carbonyl (C=O) groups is 3. The van der Waals surface area contributed by atoms with E-state index in [-0.39, 0.29) is 35.8 Å². The number of pyridine rings is 1. The number of halogens is 1. The smallest absolute Gasteiger partial charge is 0.325 e. The fraction of sp³-hybridized carbons (Fsp3) is 0.457. The molecular formula is C46H55FN6O7. The molecular weight excluding hydrogens is 768 g/mol. The van der Waals surface area contributed by atoms with Crippen molar-refractivity contribution in [3.05, 3.63) is 93.8 Å². The Morgan fingerprint density at radius 3 is 2.55 bits per heavy atom. The van der Waals surface area contributed by atoms with Crippen LogP contribution < -0.4 is 15.4 Å². The quantitative estimate of drug-likeness (QED) is 0.0793. The molecule has 2 fully saturated rings. The largest absolute Gasteiger partial charge is 0.496 e. The van der Waals surface area contributed by atoms with Crippen LogP contribution in [-0.4, -0.2) is 87.9 Å². The van der Waals surface area contributed by atoms with Crippen LogP contribution in [0.3, 0.4) is 0 Å². The Morgan fingerprint density at radius 1 is 1.08 bits per heavy atom. The molecule has 0 saturated heterocycles. The highest BCUT2D eigenvalue weighted by molar-refractivity contribution is 6.03. The van der Waals surface area contributed by atoms with Crippen molar-refractivity contribution >= 4 is 35.9 Å². The highest BCUT2D eigenvalue weighted by Crippen LogP contribution is 2.59. The number of methoxy groups -OCH3 is 1. The van der Waals surface area contributed by atoms with Crippen LogP contribution in [0.5, 0.6) is 5.75 Å². The van der Waals surface area contributed by atoms with Crippen molar-refractivity contribution < 1.29 is 38.1 Å². The zero-order valence-corrected chi connectivity index (χ0v) is 35.1. The van der Waals surface area contributed by atoms with Crippen molar-refractivity contribution in [1.29, 1.82) is 0 Å². The topological polar surface area (TPSA) is 157 Å². The summed E-state index contributed by atoms with van der Waals surface area (Å²) in [6, 6.07) is 12.0. The maximum atomic E-state index is 15.9. The summed E-state index contributed by atoms with van der Waals surface area (Å²) in [5.41, 5.74) is 7.48. The summed E-state index contributed by atoms with van der Waals surface area (Å²) in [7, 11) is 3.37. The second-order valence-corrected chi connectivity index (χ2v) is 16.4. The predicted octanol–water partition coefficient (Wildman–Crippen LogP) is 6.47. The molecule has 13 nitrogen and oxygen atoms in total. The number of ether oxygens (including phenoxy) is 3. The number of aromatic nitrogens is 3. The van der Waals surface area contributed by atoms with E-state index in [1.807, 2.05) is 61.9 Å². The minimum atomic E-state index is -0.922. The number of fused-ring (bicyclic) bond motifs is 3. The molecule has 0 radical (unpaired) electrons. The second-order valence-electron chi connectivity index (χ2n) is 16.4. The van der Waals surface area contributed by atoms with Gasteiger partial charge in [-0.3, -0.25) is 29.6 Å². The third-order valence-electron chi connectivity index (χ3n) is 12.9. The summed E-state index contributed by atoms with van der Waals surface area (Å²) < 4.78 is 33.8. The Hall–Kier alpha value is -5.44. The lowest BCUT2D eigenvalue weighted by Gasteiger charge is -2.32. The highest BCUT2D eigenvalue weighted by atomic mass is 19.1. The summed E-state index contributed by atoms with van der Waals surface area (Å²) in [4.78, 5) is 48.6. The molecule has 1 amide bonds. The van der Waals surface area contributed by atoms with Gasteiger partial charge >= 0.3 is 5.97 Å². The number of esters is 1. The number of imidazole rings is 1. The van der Waals surface area contributed by atoms with Crippen LogP contribution in [0.25, 0.3) is 23.0 Å². The van der Waals surface area contributed by atoms with Crippen molar-refractivity contribution in [2.24, 2.45) is 12.5 Å². The van der Waals surface area contributed by atoms with E-state index in [0.29, 0.717) is 41.4 Å². The van der Waals surface area contributed by atoms with Gasteiger partial charge in [0.2, 0.25) is 0 Å². The molecule has 1 atom stereocenters. The van der Waals surface area contributed by atoms with Crippen LogP contribution in [0.15, 0.2) is 48.7 Å². The van der Waals surface area contributed by atoms with Crippen molar-refractivity contribution in [3.8, 4) is 16.9 Å². The molecule has 318 valence electrons. The Labute approximate surface area is 350 Å². The molecule has 60 heavy (non-hydrogen) atoms. The summed E-state index contributed by atoms with van der Waals surface area (Å²) in [6.45, 7) is 8.63. The minimum Gasteiger partial charge on any atom is -0.496 e. The van der Waals surface area contributed by atoms with Crippen LogP contribution in [0.2, 0.25) is 0 Å². The van der Waals surface area contributed by atoms with Crippen LogP contribution in [0, 0.1) is 19.3 Å². The van der Waals surface area contributed by atoms with Crippen molar-refractivity contribution in [2.75, 3.05) is 38.7 Å². The summed E-state index contributed by atoms with van der Waals surface area (Å²) in [5, 5.41) is 15.7. The fourth-order valence-electron chi connectivity index (χ4n) is 9.41. The third-order valence-corrected chi connectivity index (χ3v) is 12.9. The molecule has 2 bridgehead atoms. The molecule has 1 aliphatic heterocycles. The zero-order valence-electron chi connectivity index (χ0n) is 35.1. The van der Waals surface area contributed by atoms with Gasteiger partial charge in [0.25, 0.3) is 12.4 Å². The first-order chi connectivity index (χ1) is 28.9. The number of nitrogens with zero attached hydrogens (tertiary/aromatic N) is 4. The molecule has 2 aliphatic carbocycles. The number of aliphatic hydroxyl groups is 1. The van der Waals surface area contributed by atoms with E-state index in [4.69, 9.17) is 19.2 Å². The van der Waals surface area contributed by atoms with Crippen LogP contribution >= 0.6 is 0 Å². The number of rotatable bonds is 17. The first-order valence-corrected chi connectivity index (χ1v) is 20.7. The highest BCUT2D eigenvalue weighted by Gasteiger charge is 2.55. The molecule has 0 spiro atoms. The average molecular weight is 823 g/mol. The summed E-state index contributed by atoms with van der Waals surface area (Å²) >= 11 is 0. The van der Waals surface area contributed by atoms with E-state index in [9.17, 15) is 19.5 Å². The first kappa shape index (κ1) is 42.7. The monoisotopic (exact) mass is 822 g/mol. The molecule has 2 aromatic heterocycles. The number of hydrogen-bond acceptors (Lipinski definition) is 11. The lowest BCUT2D eigenvalue weighted by Crippen LogP contribution is -2.40. The Kier molecular flexibility index (Phi) is 12.8. The number of benzene rings is 2. The first-order valence-electron chi connectivity index (χ1n) is 20.7. The number of hydrogen-bond donors (Lipinski definition) is 3. The maximum Gasteiger partial charge on any atom is 0.325 e. The van der Waals surface area contributed by atoms with Gasteiger partial charge in [0.1, 0.15) is 28.9 Å². The van der Waals surface area contributed by atoms with Crippen molar-refractivity contribution in [1.82, 2.24) is 24.8 Å². The minimum absolute atomic E-state index is 0.0742. The lowest BCUT2D eigenvalue weighted by atomic mass is 9.81. The molecule has 0 unspecified atom stereocenters. The number of nitrogens with one attached hydrogen (secondary N) is 2. The standard InChI is InChI=1S/C46H55FN6O7/c1-6-59-44(57)39(26-54)49-24-32-23-48-37(22-41(32)58-5)35(47)21-31-9-7-10-33(29(31)2)34-11-8-12-36(30(34)3)51-43(56)42-50-38-25-53(19-13-40(38)52(42)4)20-18-45-14-16-46(27-45,17-15-45)60-28-55/h7-12,21-23,28,39,49,54H,6,13-20,24-27H2,1-5H3,(H,51,56)/b35-21-/t39-,45?,46?/m1/s1. The number of aliphatic hydroxyl groups excluding tert-OH is 1. The Bertz CT molecular complexity index is 2280. The second kappa shape index (κ2) is 18.0. The molecule has 7 rings (SSSR count). The van der Waals surface area contributed by atoms with Crippen LogP contribution in [-0.2, 0) is 45.6 Å². The van der Waals surface area contributed by atoms with Crippen molar-refractivity contribution in [3.63, 3.8) is 0 Å². The molecule has 3 N–H and O–H groups in total. The molecule has 4 aromatic rings. The van der Waals surface area contributed by atoms with Gasteiger partial charge in [-0.1, -0.05) is 30.3 Å². The molecule has 2 saturated carbocycles. The summed E-state index contributed by atoms with van der Waals surface area (Å²) in [6.07, 6.45) is 9.89. The number of anilines is 1. The average Bonchev–Trinajstić information content (AvgIpc) is 3.91. The van der Waals surface area contributed by atoms with E-state index in [1.54, 1.807) is 6.92 Å². The molecule has 14 heteroatoms. The lowest BCUT2D eigenvalue weighted by molar-refractivity contribution is -0.147. The number of carbonyl (C=O) groups excluding carboxylic acids is 3. The SMILES string of the molecule is CCOC(=O)[C@@H](CO)NCc1cnc(/C(F)=C/c2cccc(-c3cccc(NC(=O)c4nc5c(n4C)CCN(CCC46CCC(OC=O)(CC4)C6)C5)c3C)c2C)cc1OC. The molecule has 3 heterocycles. The zero-order chi connectivity index (χ0) is 42.6. The molecule has 3 aliphatic rings.